The van der Waals surface area contributed by atoms with E-state index >= 15 is 0 Å². The zero-order valence-electron chi connectivity index (χ0n) is 9.06. The number of carbonyl (C=O) groups is 1. The van der Waals surface area contributed by atoms with Crippen molar-refractivity contribution in [2.75, 3.05) is 0 Å². The fourth-order valence-electron chi connectivity index (χ4n) is 1.64. The van der Waals surface area contributed by atoms with Crippen LogP contribution in [0.25, 0.3) is 11.0 Å². The lowest BCUT2D eigenvalue weighted by molar-refractivity contribution is 0.101. The first-order valence-corrected chi connectivity index (χ1v) is 4.96. The molecule has 0 aliphatic rings. The maximum Gasteiger partial charge on any atom is 0.162 e. The lowest BCUT2D eigenvalue weighted by Crippen LogP contribution is -2.06. The highest BCUT2D eigenvalue weighted by molar-refractivity contribution is 6.04. The van der Waals surface area contributed by atoms with Gasteiger partial charge in [0.25, 0.3) is 0 Å². The summed E-state index contributed by atoms with van der Waals surface area (Å²) in [4.78, 5) is 11.5. The van der Waals surface area contributed by atoms with Crippen LogP contribution in [0.5, 0.6) is 0 Å². The van der Waals surface area contributed by atoms with E-state index in [2.05, 4.69) is 10.3 Å². The Labute approximate surface area is 87.9 Å². The van der Waals surface area contributed by atoms with Crippen LogP contribution in [0.3, 0.4) is 0 Å². The summed E-state index contributed by atoms with van der Waals surface area (Å²) in [7, 11) is 0. The molecule has 0 bridgehead atoms. The van der Waals surface area contributed by atoms with E-state index in [1.54, 1.807) is 11.6 Å². The van der Waals surface area contributed by atoms with Gasteiger partial charge in [0.15, 0.2) is 5.78 Å². The third kappa shape index (κ3) is 1.52. The van der Waals surface area contributed by atoms with Crippen LogP contribution in [-0.4, -0.2) is 20.8 Å². The highest BCUT2D eigenvalue weighted by Gasteiger charge is 2.13. The Balaban J connectivity index is 2.80. The lowest BCUT2D eigenvalue weighted by atomic mass is 10.1. The third-order valence-corrected chi connectivity index (χ3v) is 2.36. The molecule has 0 saturated heterocycles. The smallest absolute Gasteiger partial charge is 0.162 e. The molecule has 0 aliphatic carbocycles. The van der Waals surface area contributed by atoms with E-state index in [1.165, 1.54) is 0 Å². The number of aromatic nitrogens is 3. The van der Waals surface area contributed by atoms with Gasteiger partial charge in [-0.2, -0.15) is 0 Å². The largest absolute Gasteiger partial charge is 0.294 e. The molecule has 0 saturated carbocycles. The van der Waals surface area contributed by atoms with Gasteiger partial charge in [0.2, 0.25) is 0 Å². The summed E-state index contributed by atoms with van der Waals surface area (Å²) in [5.41, 5.74) is 2.29. The van der Waals surface area contributed by atoms with Crippen LogP contribution in [0.2, 0.25) is 0 Å². The Morgan fingerprint density at radius 1 is 1.40 bits per heavy atom. The molecule has 1 aromatic carbocycles. The van der Waals surface area contributed by atoms with E-state index in [1.807, 2.05) is 32.0 Å². The monoisotopic (exact) mass is 203 g/mol. The van der Waals surface area contributed by atoms with Crippen molar-refractivity contribution in [2.24, 2.45) is 0 Å². The minimum atomic E-state index is 0.0461. The van der Waals surface area contributed by atoms with Crippen LogP contribution >= 0.6 is 0 Å². The van der Waals surface area contributed by atoms with Crippen molar-refractivity contribution in [3.8, 4) is 0 Å². The fourth-order valence-corrected chi connectivity index (χ4v) is 1.64. The number of Topliss-reactive ketones (excluding diaryl/α,β-unsaturated/α-hetero) is 1. The van der Waals surface area contributed by atoms with Crippen molar-refractivity contribution in [1.82, 2.24) is 15.0 Å². The Bertz CT molecular complexity index is 514. The molecule has 78 valence electrons. The molecule has 0 fully saturated rings. The van der Waals surface area contributed by atoms with Crippen molar-refractivity contribution in [1.29, 1.82) is 0 Å². The summed E-state index contributed by atoms with van der Waals surface area (Å²) in [6.45, 7) is 5.60. The number of hydrogen-bond acceptors (Lipinski definition) is 3. The van der Waals surface area contributed by atoms with Gasteiger partial charge in [-0.3, -0.25) is 4.79 Å². The van der Waals surface area contributed by atoms with Crippen LogP contribution < -0.4 is 0 Å². The number of ketones is 1. The molecule has 0 amide bonds. The normalized spacial score (nSPS) is 11.2. The predicted molar refractivity (Wildman–Crippen MR) is 57.9 cm³/mol. The van der Waals surface area contributed by atoms with Gasteiger partial charge in [0.1, 0.15) is 5.52 Å². The van der Waals surface area contributed by atoms with E-state index in [4.69, 9.17) is 0 Å². The molecule has 0 unspecified atom stereocenters. The average Bonchev–Trinajstić information content (AvgIpc) is 2.60. The van der Waals surface area contributed by atoms with Gasteiger partial charge < -0.3 is 0 Å². The van der Waals surface area contributed by atoms with E-state index in [0.29, 0.717) is 5.56 Å². The summed E-state index contributed by atoms with van der Waals surface area (Å²) in [5.74, 6) is 0.0461. The number of fused-ring (bicyclic) bond motifs is 1. The maximum atomic E-state index is 11.5. The van der Waals surface area contributed by atoms with E-state index < -0.39 is 0 Å². The Morgan fingerprint density at radius 2 is 2.13 bits per heavy atom. The second-order valence-corrected chi connectivity index (χ2v) is 3.86. The molecule has 4 nitrogen and oxygen atoms in total. The molecular weight excluding hydrogens is 190 g/mol. The van der Waals surface area contributed by atoms with Crippen molar-refractivity contribution in [3.05, 3.63) is 23.8 Å². The molecule has 0 aliphatic heterocycles. The van der Waals surface area contributed by atoms with Gasteiger partial charge in [0, 0.05) is 11.6 Å². The van der Waals surface area contributed by atoms with Gasteiger partial charge in [0.05, 0.1) is 5.52 Å². The zero-order chi connectivity index (χ0) is 11.0. The molecule has 0 atom stereocenters. The Morgan fingerprint density at radius 3 is 2.73 bits per heavy atom. The number of benzene rings is 1. The lowest BCUT2D eigenvalue weighted by Gasteiger charge is -2.07. The van der Waals surface area contributed by atoms with E-state index in [-0.39, 0.29) is 11.8 Å². The maximum absolute atomic E-state index is 11.5. The first kappa shape index (κ1) is 9.83. The van der Waals surface area contributed by atoms with E-state index in [9.17, 15) is 4.79 Å². The average molecular weight is 203 g/mol. The molecule has 0 radical (unpaired) electrons. The second-order valence-electron chi connectivity index (χ2n) is 3.86. The van der Waals surface area contributed by atoms with Gasteiger partial charge >= 0.3 is 0 Å². The molecule has 2 aromatic rings. The highest BCUT2D eigenvalue weighted by atomic mass is 16.1. The Hall–Kier alpha value is -1.71. The summed E-state index contributed by atoms with van der Waals surface area (Å²) in [6.07, 6.45) is 0. The SMILES string of the molecule is CC(=O)c1cccc2nnn(C(C)C)c12. The van der Waals surface area contributed by atoms with Crippen LogP contribution in [0.1, 0.15) is 37.2 Å². The summed E-state index contributed by atoms with van der Waals surface area (Å²) in [6, 6.07) is 5.72. The third-order valence-electron chi connectivity index (χ3n) is 2.36. The summed E-state index contributed by atoms with van der Waals surface area (Å²) < 4.78 is 1.78. The number of rotatable bonds is 2. The molecule has 0 spiro atoms. The van der Waals surface area contributed by atoms with Crippen molar-refractivity contribution >= 4 is 16.8 Å². The number of hydrogen-bond donors (Lipinski definition) is 0. The second kappa shape index (κ2) is 3.46. The Kier molecular flexibility index (Phi) is 2.26. The fraction of sp³-hybridized carbons (Fsp3) is 0.364. The molecule has 15 heavy (non-hydrogen) atoms. The van der Waals surface area contributed by atoms with Gasteiger partial charge in [-0.25, -0.2) is 4.68 Å². The van der Waals surface area contributed by atoms with Crippen molar-refractivity contribution in [2.45, 2.75) is 26.8 Å². The first-order chi connectivity index (χ1) is 7.11. The predicted octanol–water partition coefficient (Wildman–Crippen LogP) is 2.21. The summed E-state index contributed by atoms with van der Waals surface area (Å²) >= 11 is 0. The van der Waals surface area contributed by atoms with Crippen molar-refractivity contribution < 1.29 is 4.79 Å². The van der Waals surface area contributed by atoms with Crippen LogP contribution in [0.4, 0.5) is 0 Å². The van der Waals surface area contributed by atoms with Crippen LogP contribution in [0.15, 0.2) is 18.2 Å². The van der Waals surface area contributed by atoms with E-state index in [0.717, 1.165) is 11.0 Å². The first-order valence-electron chi connectivity index (χ1n) is 4.96. The number of nitrogens with zero attached hydrogens (tertiary/aromatic N) is 3. The minimum Gasteiger partial charge on any atom is -0.294 e. The quantitative estimate of drug-likeness (QED) is 0.703. The zero-order valence-corrected chi connectivity index (χ0v) is 9.06. The van der Waals surface area contributed by atoms with Gasteiger partial charge in [-0.05, 0) is 32.9 Å². The number of carbonyl (C=O) groups excluding carboxylic acids is 1. The van der Waals surface area contributed by atoms with Crippen molar-refractivity contribution in [3.63, 3.8) is 0 Å². The topological polar surface area (TPSA) is 47.8 Å². The van der Waals surface area contributed by atoms with Crippen LogP contribution in [-0.2, 0) is 0 Å². The van der Waals surface area contributed by atoms with Gasteiger partial charge in [-0.1, -0.05) is 11.3 Å². The summed E-state index contributed by atoms with van der Waals surface area (Å²) in [5, 5.41) is 8.10. The standard InChI is InChI=1S/C11H13N3O/c1-7(2)14-11-9(8(3)15)5-4-6-10(11)12-13-14/h4-7H,1-3H3. The molecule has 0 N–H and O–H groups in total. The molecule has 1 aromatic heterocycles. The minimum absolute atomic E-state index is 0.0461. The number of para-hydroxylation sites is 1. The molecule has 4 heteroatoms. The van der Waals surface area contributed by atoms with Crippen LogP contribution in [0, 0.1) is 0 Å². The van der Waals surface area contributed by atoms with Gasteiger partial charge in [-0.15, -0.1) is 5.10 Å². The highest BCUT2D eigenvalue weighted by Crippen LogP contribution is 2.20. The molecular formula is C11H13N3O. The molecule has 2 rings (SSSR count). The molecule has 1 heterocycles.